The zero-order chi connectivity index (χ0) is 29.1. The number of halogens is 2. The van der Waals surface area contributed by atoms with Crippen molar-refractivity contribution >= 4 is 51.2 Å². The van der Waals surface area contributed by atoms with Gasteiger partial charge < -0.3 is 9.67 Å². The third kappa shape index (κ3) is 6.60. The smallest absolute Gasteiger partial charge is 0.335 e. The van der Waals surface area contributed by atoms with Gasteiger partial charge in [-0.1, -0.05) is 77.8 Å². The van der Waals surface area contributed by atoms with Crippen LogP contribution in [0.1, 0.15) is 27.3 Å². The Balaban J connectivity index is 1.56. The normalized spacial score (nSPS) is 11.7. The standard InChI is InChI=1S/C32H24Cl2N2O4S/c1-41(39,40)30-17-25(22-5-3-2-4-6-22)12-11-23(30)13-16-31-35-29(27-15-14-26(33)18-28(27)34)20-36(31)19-21-7-9-24(10-8-21)32(37)38/h2-18,20H,19H2,1H3,(H,37,38). The Labute approximate surface area is 248 Å². The van der Waals surface area contributed by atoms with Gasteiger partial charge in [0.05, 0.1) is 21.2 Å². The molecule has 0 saturated carbocycles. The zero-order valence-electron chi connectivity index (χ0n) is 21.8. The minimum absolute atomic E-state index is 0.195. The first-order valence-corrected chi connectivity index (χ1v) is 15.2. The summed E-state index contributed by atoms with van der Waals surface area (Å²) in [6, 6.07) is 26.7. The second-order valence-electron chi connectivity index (χ2n) is 9.46. The quantitative estimate of drug-likeness (QED) is 0.195. The number of carboxylic acids is 1. The van der Waals surface area contributed by atoms with E-state index < -0.39 is 15.8 Å². The summed E-state index contributed by atoms with van der Waals surface area (Å²) in [5, 5.41) is 10.2. The molecule has 5 rings (SSSR count). The molecule has 5 aromatic rings. The summed E-state index contributed by atoms with van der Waals surface area (Å²) < 4.78 is 27.4. The molecule has 1 aromatic heterocycles. The summed E-state index contributed by atoms with van der Waals surface area (Å²) >= 11 is 12.6. The molecule has 0 bridgehead atoms. The van der Waals surface area contributed by atoms with Crippen LogP contribution in [0.4, 0.5) is 0 Å². The molecule has 0 aliphatic heterocycles. The maximum absolute atomic E-state index is 12.8. The molecule has 0 spiro atoms. The topological polar surface area (TPSA) is 89.3 Å². The van der Waals surface area contributed by atoms with Crippen LogP contribution in [0, 0.1) is 0 Å². The SMILES string of the molecule is CS(=O)(=O)c1cc(-c2ccccc2)ccc1C=Cc1nc(-c2ccc(Cl)cc2Cl)cn1Cc1ccc(C(=O)O)cc1. The Morgan fingerprint density at radius 2 is 1.63 bits per heavy atom. The fraction of sp³-hybridized carbons (Fsp3) is 0.0625. The van der Waals surface area contributed by atoms with E-state index in [4.69, 9.17) is 28.2 Å². The fourth-order valence-corrected chi connectivity index (χ4v) is 5.84. The number of sulfone groups is 1. The summed E-state index contributed by atoms with van der Waals surface area (Å²) in [5.74, 6) is -0.442. The first-order chi connectivity index (χ1) is 19.6. The van der Waals surface area contributed by atoms with Crippen LogP contribution in [0.3, 0.4) is 0 Å². The molecule has 41 heavy (non-hydrogen) atoms. The van der Waals surface area contributed by atoms with Crippen LogP contribution in [0.5, 0.6) is 0 Å². The lowest BCUT2D eigenvalue weighted by molar-refractivity contribution is 0.0697. The van der Waals surface area contributed by atoms with Crippen LogP contribution >= 0.6 is 23.2 Å². The van der Waals surface area contributed by atoms with Crippen LogP contribution < -0.4 is 0 Å². The van der Waals surface area contributed by atoms with Crippen LogP contribution in [0.25, 0.3) is 34.5 Å². The van der Waals surface area contributed by atoms with Gasteiger partial charge in [-0.05, 0) is 70.8 Å². The van der Waals surface area contributed by atoms with E-state index in [1.807, 2.05) is 47.2 Å². The Bertz CT molecular complexity index is 1880. The molecule has 6 nitrogen and oxygen atoms in total. The van der Waals surface area contributed by atoms with Gasteiger partial charge in [0.2, 0.25) is 0 Å². The van der Waals surface area contributed by atoms with Crippen molar-refractivity contribution in [2.45, 2.75) is 11.4 Å². The number of aromatic carboxylic acids is 1. The van der Waals surface area contributed by atoms with Crippen LogP contribution in [-0.4, -0.2) is 35.3 Å². The first-order valence-electron chi connectivity index (χ1n) is 12.5. The largest absolute Gasteiger partial charge is 0.478 e. The van der Waals surface area contributed by atoms with E-state index in [0.29, 0.717) is 39.2 Å². The number of hydrogen-bond donors (Lipinski definition) is 1. The molecule has 0 atom stereocenters. The van der Waals surface area contributed by atoms with Gasteiger partial charge in [0.25, 0.3) is 0 Å². The average molecular weight is 604 g/mol. The predicted octanol–water partition coefficient (Wildman–Crippen LogP) is 7.84. The minimum atomic E-state index is -3.54. The molecule has 0 saturated heterocycles. The number of hydrogen-bond acceptors (Lipinski definition) is 4. The maximum atomic E-state index is 12.8. The zero-order valence-corrected chi connectivity index (χ0v) is 24.2. The van der Waals surface area contributed by atoms with E-state index in [-0.39, 0.29) is 10.5 Å². The first kappa shape index (κ1) is 28.4. The number of benzene rings is 4. The Hall–Kier alpha value is -4.17. The summed E-state index contributed by atoms with van der Waals surface area (Å²) in [4.78, 5) is 16.3. The highest BCUT2D eigenvalue weighted by molar-refractivity contribution is 7.90. The number of imidazole rings is 1. The summed E-state index contributed by atoms with van der Waals surface area (Å²) in [6.07, 6.45) is 6.52. The summed E-state index contributed by atoms with van der Waals surface area (Å²) in [5.41, 5.74) is 4.60. The number of rotatable bonds is 8. The van der Waals surface area contributed by atoms with E-state index in [2.05, 4.69) is 0 Å². The molecule has 0 amide bonds. The van der Waals surface area contributed by atoms with Crippen molar-refractivity contribution in [3.8, 4) is 22.4 Å². The number of carboxylic acid groups (broad SMARTS) is 1. The molecule has 1 N–H and O–H groups in total. The lowest BCUT2D eigenvalue weighted by Gasteiger charge is -2.09. The minimum Gasteiger partial charge on any atom is -0.478 e. The van der Waals surface area contributed by atoms with Crippen molar-refractivity contribution in [1.82, 2.24) is 9.55 Å². The molecule has 0 aliphatic rings. The van der Waals surface area contributed by atoms with E-state index in [9.17, 15) is 18.3 Å². The molecule has 206 valence electrons. The van der Waals surface area contributed by atoms with Gasteiger partial charge in [-0.25, -0.2) is 18.2 Å². The Kier molecular flexibility index (Phi) is 8.13. The fourth-order valence-electron chi connectivity index (χ4n) is 4.43. The van der Waals surface area contributed by atoms with Gasteiger partial charge in [0.15, 0.2) is 9.84 Å². The van der Waals surface area contributed by atoms with Crippen molar-refractivity contribution in [1.29, 1.82) is 0 Å². The molecule has 0 radical (unpaired) electrons. The number of carbonyl (C=O) groups is 1. The highest BCUT2D eigenvalue weighted by atomic mass is 35.5. The Morgan fingerprint density at radius 3 is 2.29 bits per heavy atom. The average Bonchev–Trinajstić information content (AvgIpc) is 3.34. The number of aromatic nitrogens is 2. The van der Waals surface area contributed by atoms with Crippen LogP contribution in [0.2, 0.25) is 10.0 Å². The summed E-state index contributed by atoms with van der Waals surface area (Å²) in [6.45, 7) is 0.393. The third-order valence-electron chi connectivity index (χ3n) is 6.50. The molecular formula is C32H24Cl2N2O4S. The monoisotopic (exact) mass is 602 g/mol. The molecule has 0 fully saturated rings. The Morgan fingerprint density at radius 1 is 0.902 bits per heavy atom. The van der Waals surface area contributed by atoms with Crippen molar-refractivity contribution in [2.75, 3.05) is 6.26 Å². The van der Waals surface area contributed by atoms with Crippen molar-refractivity contribution in [2.24, 2.45) is 0 Å². The molecule has 1 heterocycles. The molecule has 0 aliphatic carbocycles. The summed E-state index contributed by atoms with van der Waals surface area (Å²) in [7, 11) is -3.54. The maximum Gasteiger partial charge on any atom is 0.335 e. The number of nitrogens with zero attached hydrogens (tertiary/aromatic N) is 2. The van der Waals surface area contributed by atoms with E-state index >= 15 is 0 Å². The molecular weight excluding hydrogens is 579 g/mol. The van der Waals surface area contributed by atoms with Crippen molar-refractivity contribution < 1.29 is 18.3 Å². The highest BCUT2D eigenvalue weighted by Crippen LogP contribution is 2.31. The molecule has 4 aromatic carbocycles. The van der Waals surface area contributed by atoms with Gasteiger partial charge >= 0.3 is 5.97 Å². The lowest BCUT2D eigenvalue weighted by atomic mass is 10.0. The second kappa shape index (κ2) is 11.7. The van der Waals surface area contributed by atoms with Crippen LogP contribution in [-0.2, 0) is 16.4 Å². The van der Waals surface area contributed by atoms with Crippen molar-refractivity contribution in [3.05, 3.63) is 130 Å². The van der Waals surface area contributed by atoms with Gasteiger partial charge in [-0.15, -0.1) is 0 Å². The lowest BCUT2D eigenvalue weighted by Crippen LogP contribution is -2.03. The van der Waals surface area contributed by atoms with Crippen LogP contribution in [0.15, 0.2) is 102 Å². The van der Waals surface area contributed by atoms with E-state index in [1.165, 1.54) is 6.26 Å². The van der Waals surface area contributed by atoms with Gasteiger partial charge in [0, 0.05) is 29.6 Å². The van der Waals surface area contributed by atoms with E-state index in [0.717, 1.165) is 16.7 Å². The van der Waals surface area contributed by atoms with Crippen molar-refractivity contribution in [3.63, 3.8) is 0 Å². The van der Waals surface area contributed by atoms with Gasteiger partial charge in [-0.2, -0.15) is 0 Å². The van der Waals surface area contributed by atoms with Gasteiger partial charge in [-0.3, -0.25) is 0 Å². The van der Waals surface area contributed by atoms with Gasteiger partial charge in [0.1, 0.15) is 5.82 Å². The van der Waals surface area contributed by atoms with E-state index in [1.54, 1.807) is 66.7 Å². The molecule has 9 heteroatoms. The predicted molar refractivity (Wildman–Crippen MR) is 164 cm³/mol. The third-order valence-corrected chi connectivity index (χ3v) is 8.20. The highest BCUT2D eigenvalue weighted by Gasteiger charge is 2.15. The molecule has 0 unspecified atom stereocenters. The second-order valence-corrected chi connectivity index (χ2v) is 12.3.